The minimum Gasteiger partial charge on any atom is -0.298 e. The van der Waals surface area contributed by atoms with Crippen LogP contribution in [0.5, 0.6) is 0 Å². The van der Waals surface area contributed by atoms with Gasteiger partial charge < -0.3 is 0 Å². The van der Waals surface area contributed by atoms with Gasteiger partial charge in [-0.05, 0) is 46.3 Å². The van der Waals surface area contributed by atoms with E-state index in [2.05, 4.69) is 0 Å². The SMILES string of the molecule is C.C.CC(C)C(C)N(C)CC(F)(F)F.CC(C)CC(N(C)C)C(F)(F)F. The molecule has 2 unspecified atom stereocenters. The van der Waals surface area contributed by atoms with Crippen LogP contribution < -0.4 is 0 Å². The first kappa shape index (κ1) is 33.1. The van der Waals surface area contributed by atoms with E-state index in [-0.39, 0.29) is 39.2 Å². The Morgan fingerprint density at radius 2 is 1.15 bits per heavy atom. The quantitative estimate of drug-likeness (QED) is 0.483. The van der Waals surface area contributed by atoms with Crippen molar-refractivity contribution >= 4 is 0 Å². The molecule has 2 nitrogen and oxygen atoms in total. The summed E-state index contributed by atoms with van der Waals surface area (Å²) in [6.45, 7) is 8.39. The summed E-state index contributed by atoms with van der Waals surface area (Å²) in [6.07, 6.45) is -8.03. The molecule has 0 aromatic rings. The van der Waals surface area contributed by atoms with Gasteiger partial charge in [-0.3, -0.25) is 9.80 Å². The Morgan fingerprint density at radius 1 is 0.769 bits per heavy atom. The van der Waals surface area contributed by atoms with Crippen LogP contribution in [0, 0.1) is 11.8 Å². The zero-order valence-electron chi connectivity index (χ0n) is 15.9. The Hall–Kier alpha value is -0.500. The number of nitrogens with zero attached hydrogens (tertiary/aromatic N) is 2. The zero-order chi connectivity index (χ0) is 19.9. The molecule has 0 rings (SSSR count). The molecule has 0 aliphatic rings. The van der Waals surface area contributed by atoms with Gasteiger partial charge in [0.1, 0.15) is 6.04 Å². The maximum atomic E-state index is 12.3. The topological polar surface area (TPSA) is 6.48 Å². The summed E-state index contributed by atoms with van der Waals surface area (Å²) in [5, 5.41) is 0. The van der Waals surface area contributed by atoms with Crippen molar-refractivity contribution < 1.29 is 26.3 Å². The fourth-order valence-corrected chi connectivity index (χ4v) is 2.02. The van der Waals surface area contributed by atoms with Gasteiger partial charge in [0.05, 0.1) is 6.54 Å². The summed E-state index contributed by atoms with van der Waals surface area (Å²) < 4.78 is 72.5. The van der Waals surface area contributed by atoms with Crippen LogP contribution >= 0.6 is 0 Å². The Balaban J connectivity index is -0.000000173. The Morgan fingerprint density at radius 3 is 1.31 bits per heavy atom. The summed E-state index contributed by atoms with van der Waals surface area (Å²) in [4.78, 5) is 2.55. The highest BCUT2D eigenvalue weighted by Gasteiger charge is 2.41. The number of halogens is 6. The summed E-state index contributed by atoms with van der Waals surface area (Å²) in [7, 11) is 4.42. The van der Waals surface area contributed by atoms with Crippen LogP contribution in [0.2, 0.25) is 0 Å². The molecule has 0 radical (unpaired) electrons. The maximum Gasteiger partial charge on any atom is 0.404 e. The van der Waals surface area contributed by atoms with E-state index >= 15 is 0 Å². The third kappa shape index (κ3) is 16.9. The van der Waals surface area contributed by atoms with Crippen molar-refractivity contribution in [2.45, 2.75) is 80.3 Å². The molecule has 0 heterocycles. The van der Waals surface area contributed by atoms with Crippen LogP contribution in [-0.2, 0) is 0 Å². The molecule has 0 N–H and O–H groups in total. The van der Waals surface area contributed by atoms with E-state index < -0.39 is 24.9 Å². The molecule has 164 valence electrons. The monoisotopic (exact) mass is 398 g/mol. The summed E-state index contributed by atoms with van der Waals surface area (Å²) in [5.74, 6) is 0.316. The van der Waals surface area contributed by atoms with Crippen LogP contribution in [0.4, 0.5) is 26.3 Å². The van der Waals surface area contributed by atoms with Crippen molar-refractivity contribution in [2.75, 3.05) is 27.7 Å². The van der Waals surface area contributed by atoms with Gasteiger partial charge in [-0.2, -0.15) is 26.3 Å². The molecule has 0 amide bonds. The van der Waals surface area contributed by atoms with Gasteiger partial charge in [0.25, 0.3) is 0 Å². The van der Waals surface area contributed by atoms with Gasteiger partial charge in [-0.1, -0.05) is 42.5 Å². The third-order valence-electron chi connectivity index (χ3n) is 3.78. The molecular formula is C18H40F6N2. The van der Waals surface area contributed by atoms with Crippen molar-refractivity contribution in [3.63, 3.8) is 0 Å². The lowest BCUT2D eigenvalue weighted by molar-refractivity contribution is -0.180. The van der Waals surface area contributed by atoms with Gasteiger partial charge in [0.15, 0.2) is 0 Å². The normalized spacial score (nSPS) is 14.5. The summed E-state index contributed by atoms with van der Waals surface area (Å²) >= 11 is 0. The van der Waals surface area contributed by atoms with Crippen molar-refractivity contribution in [1.29, 1.82) is 0 Å². The lowest BCUT2D eigenvalue weighted by Crippen LogP contribution is -2.42. The molecular weight excluding hydrogens is 358 g/mol. The highest BCUT2D eigenvalue weighted by molar-refractivity contribution is 4.75. The molecule has 0 aliphatic heterocycles. The van der Waals surface area contributed by atoms with Gasteiger partial charge in [-0.25, -0.2) is 0 Å². The van der Waals surface area contributed by atoms with Gasteiger partial charge in [-0.15, -0.1) is 0 Å². The molecule has 0 saturated carbocycles. The molecule has 8 heteroatoms. The first-order valence-electron chi connectivity index (χ1n) is 7.99. The highest BCUT2D eigenvalue weighted by atomic mass is 19.4. The molecule has 0 saturated heterocycles. The van der Waals surface area contributed by atoms with E-state index in [1.807, 2.05) is 13.8 Å². The second-order valence-corrected chi connectivity index (χ2v) is 7.17. The first-order chi connectivity index (χ1) is 10.5. The van der Waals surface area contributed by atoms with E-state index in [4.69, 9.17) is 0 Å². The fourth-order valence-electron chi connectivity index (χ4n) is 2.02. The predicted molar refractivity (Wildman–Crippen MR) is 99.4 cm³/mol. The van der Waals surface area contributed by atoms with E-state index in [9.17, 15) is 26.3 Å². The molecule has 26 heavy (non-hydrogen) atoms. The average Bonchev–Trinajstić information content (AvgIpc) is 2.31. The summed E-state index contributed by atoms with van der Waals surface area (Å²) in [5.41, 5.74) is 0. The molecule has 0 fully saturated rings. The fraction of sp³-hybridized carbons (Fsp3) is 1.00. The van der Waals surface area contributed by atoms with Crippen LogP contribution in [-0.4, -0.2) is 61.9 Å². The minimum atomic E-state index is -4.10. The second-order valence-electron chi connectivity index (χ2n) is 7.17. The molecule has 2 atom stereocenters. The van der Waals surface area contributed by atoms with Crippen LogP contribution in [0.15, 0.2) is 0 Å². The van der Waals surface area contributed by atoms with Crippen molar-refractivity contribution in [1.82, 2.24) is 9.80 Å². The second kappa shape index (κ2) is 13.6. The maximum absolute atomic E-state index is 12.3. The van der Waals surface area contributed by atoms with Crippen LogP contribution in [0.1, 0.15) is 55.9 Å². The largest absolute Gasteiger partial charge is 0.404 e. The lowest BCUT2D eigenvalue weighted by Gasteiger charge is -2.28. The standard InChI is InChI=1S/2C8H16F3N.2CH4/c1-6(2)7(3)12(4)5-8(9,10)11;1-6(2)5-7(12(3)4)8(9,10)11;;/h2*6-7H,5H2,1-4H3;2*1H4. The predicted octanol–water partition coefficient (Wildman–Crippen LogP) is 6.32. The van der Waals surface area contributed by atoms with Gasteiger partial charge >= 0.3 is 12.4 Å². The highest BCUT2D eigenvalue weighted by Crippen LogP contribution is 2.27. The Kier molecular flexibility index (Phi) is 17.4. The molecule has 0 aromatic heterocycles. The molecule has 0 aliphatic carbocycles. The smallest absolute Gasteiger partial charge is 0.298 e. The van der Waals surface area contributed by atoms with Gasteiger partial charge in [0.2, 0.25) is 0 Å². The summed E-state index contributed by atoms with van der Waals surface area (Å²) in [6, 6.07) is -1.34. The van der Waals surface area contributed by atoms with Crippen LogP contribution in [0.25, 0.3) is 0 Å². The van der Waals surface area contributed by atoms with Crippen molar-refractivity contribution in [2.24, 2.45) is 11.8 Å². The van der Waals surface area contributed by atoms with E-state index in [0.29, 0.717) is 0 Å². The minimum absolute atomic E-state index is 0. The lowest BCUT2D eigenvalue weighted by atomic mass is 10.0. The van der Waals surface area contributed by atoms with E-state index in [1.54, 1.807) is 20.8 Å². The zero-order valence-corrected chi connectivity index (χ0v) is 15.9. The third-order valence-corrected chi connectivity index (χ3v) is 3.78. The van der Waals surface area contributed by atoms with E-state index in [0.717, 1.165) is 0 Å². The number of alkyl halides is 6. The number of rotatable bonds is 6. The molecule has 0 aromatic carbocycles. The number of hydrogen-bond acceptors (Lipinski definition) is 2. The Labute approximate surface area is 156 Å². The van der Waals surface area contributed by atoms with E-state index in [1.165, 1.54) is 30.9 Å². The van der Waals surface area contributed by atoms with Crippen LogP contribution in [0.3, 0.4) is 0 Å². The van der Waals surface area contributed by atoms with Crippen molar-refractivity contribution in [3.8, 4) is 0 Å². The molecule has 0 bridgehead atoms. The average molecular weight is 399 g/mol. The molecule has 0 spiro atoms. The Bertz CT molecular complexity index is 325. The first-order valence-corrected chi connectivity index (χ1v) is 7.99. The number of hydrogen-bond donors (Lipinski definition) is 0. The van der Waals surface area contributed by atoms with Crippen molar-refractivity contribution in [3.05, 3.63) is 0 Å². The van der Waals surface area contributed by atoms with Gasteiger partial charge in [0, 0.05) is 6.04 Å².